The van der Waals surface area contributed by atoms with E-state index >= 15 is 0 Å². The Kier molecular flexibility index (Phi) is 7.05. The van der Waals surface area contributed by atoms with Gasteiger partial charge in [0.25, 0.3) is 0 Å². The van der Waals surface area contributed by atoms with Gasteiger partial charge in [-0.05, 0) is 59.7 Å². The Labute approximate surface area is 162 Å². The third-order valence-corrected chi connectivity index (χ3v) is 6.24. The SMILES string of the molecule is CCC(C(CC(C)(C)CC(C)(C)C)C1CC(O)(C(=O)OC)C1)C(C)(C)C. The highest BCUT2D eigenvalue weighted by Gasteiger charge is 2.54. The van der Waals surface area contributed by atoms with Gasteiger partial charge in [0, 0.05) is 0 Å². The molecule has 1 saturated carbocycles. The van der Waals surface area contributed by atoms with Crippen LogP contribution in [0.2, 0.25) is 0 Å². The summed E-state index contributed by atoms with van der Waals surface area (Å²) in [6, 6.07) is 0. The first-order chi connectivity index (χ1) is 11.5. The lowest BCUT2D eigenvalue weighted by molar-refractivity contribution is -0.184. The number of hydrogen-bond donors (Lipinski definition) is 1. The molecule has 0 saturated heterocycles. The minimum atomic E-state index is -1.26. The van der Waals surface area contributed by atoms with E-state index < -0.39 is 11.6 Å². The van der Waals surface area contributed by atoms with Crippen LogP contribution in [0.15, 0.2) is 0 Å². The van der Waals surface area contributed by atoms with Crippen molar-refractivity contribution in [2.75, 3.05) is 7.11 Å². The van der Waals surface area contributed by atoms with E-state index in [1.807, 2.05) is 0 Å². The Morgan fingerprint density at radius 3 is 1.96 bits per heavy atom. The van der Waals surface area contributed by atoms with Crippen LogP contribution in [0.5, 0.6) is 0 Å². The molecular formula is C23H44O3. The highest BCUT2D eigenvalue weighted by atomic mass is 16.5. The fraction of sp³-hybridized carbons (Fsp3) is 0.957. The van der Waals surface area contributed by atoms with Crippen molar-refractivity contribution >= 4 is 5.97 Å². The van der Waals surface area contributed by atoms with Gasteiger partial charge in [-0.15, -0.1) is 0 Å². The van der Waals surface area contributed by atoms with E-state index in [0.29, 0.717) is 36.0 Å². The van der Waals surface area contributed by atoms with Gasteiger partial charge in [-0.3, -0.25) is 0 Å². The van der Waals surface area contributed by atoms with Crippen LogP contribution in [-0.2, 0) is 9.53 Å². The smallest absolute Gasteiger partial charge is 0.337 e. The maximum absolute atomic E-state index is 11.9. The molecule has 1 aliphatic rings. The number of esters is 1. The molecule has 0 heterocycles. The summed E-state index contributed by atoms with van der Waals surface area (Å²) in [6.45, 7) is 21.0. The highest BCUT2D eigenvalue weighted by molar-refractivity contribution is 5.80. The van der Waals surface area contributed by atoms with Crippen molar-refractivity contribution in [1.82, 2.24) is 0 Å². The van der Waals surface area contributed by atoms with E-state index in [9.17, 15) is 9.90 Å². The zero-order chi connectivity index (χ0) is 20.6. The molecule has 3 nitrogen and oxygen atoms in total. The summed E-state index contributed by atoms with van der Waals surface area (Å²) in [4.78, 5) is 11.9. The summed E-state index contributed by atoms with van der Waals surface area (Å²) in [5, 5.41) is 10.6. The number of carbonyl (C=O) groups excluding carboxylic acids is 1. The van der Waals surface area contributed by atoms with Gasteiger partial charge in [-0.25, -0.2) is 4.79 Å². The van der Waals surface area contributed by atoms with Gasteiger partial charge in [0.2, 0.25) is 0 Å². The fourth-order valence-corrected chi connectivity index (χ4v) is 5.81. The van der Waals surface area contributed by atoms with Crippen LogP contribution in [0.1, 0.15) is 94.4 Å². The molecule has 0 aromatic carbocycles. The van der Waals surface area contributed by atoms with Crippen molar-refractivity contribution in [3.8, 4) is 0 Å². The standard InChI is InChI=1S/C23H44O3/c1-11-18(21(5,6)7)17(14-22(8,9)15-20(2,3)4)16-12-23(25,13-16)19(24)26-10/h16-18,25H,11-15H2,1-10H3. The number of methoxy groups -OCH3 is 1. The van der Waals surface area contributed by atoms with E-state index in [1.165, 1.54) is 13.5 Å². The molecule has 154 valence electrons. The molecule has 1 aliphatic carbocycles. The largest absolute Gasteiger partial charge is 0.467 e. The number of aliphatic hydroxyl groups is 1. The molecule has 26 heavy (non-hydrogen) atoms. The summed E-state index contributed by atoms with van der Waals surface area (Å²) >= 11 is 0. The molecule has 1 N–H and O–H groups in total. The second-order valence-electron chi connectivity index (χ2n) is 11.8. The monoisotopic (exact) mass is 368 g/mol. The van der Waals surface area contributed by atoms with Gasteiger partial charge in [0.1, 0.15) is 0 Å². The van der Waals surface area contributed by atoms with Gasteiger partial charge in [0.05, 0.1) is 7.11 Å². The molecule has 3 heteroatoms. The minimum Gasteiger partial charge on any atom is -0.467 e. The number of rotatable bonds is 7. The molecular weight excluding hydrogens is 324 g/mol. The molecule has 0 aromatic rings. The average molecular weight is 369 g/mol. The normalized spacial score (nSPS) is 26.8. The Balaban J connectivity index is 3.04. The number of hydrogen-bond acceptors (Lipinski definition) is 3. The van der Waals surface area contributed by atoms with Crippen molar-refractivity contribution in [3.63, 3.8) is 0 Å². The summed E-state index contributed by atoms with van der Waals surface area (Å²) in [5.74, 6) is 1.02. The van der Waals surface area contributed by atoms with Gasteiger partial charge in [0.15, 0.2) is 5.60 Å². The summed E-state index contributed by atoms with van der Waals surface area (Å²) in [5.41, 5.74) is -0.511. The van der Waals surface area contributed by atoms with Crippen LogP contribution in [0.3, 0.4) is 0 Å². The van der Waals surface area contributed by atoms with Gasteiger partial charge < -0.3 is 9.84 Å². The van der Waals surface area contributed by atoms with Crippen LogP contribution in [0.25, 0.3) is 0 Å². The maximum Gasteiger partial charge on any atom is 0.337 e. The summed E-state index contributed by atoms with van der Waals surface area (Å²) in [7, 11) is 1.36. The van der Waals surface area contributed by atoms with E-state index in [4.69, 9.17) is 4.74 Å². The zero-order valence-electron chi connectivity index (χ0n) is 19.0. The van der Waals surface area contributed by atoms with E-state index in [1.54, 1.807) is 0 Å². The van der Waals surface area contributed by atoms with Crippen molar-refractivity contribution < 1.29 is 14.6 Å². The second kappa shape index (κ2) is 7.81. The predicted molar refractivity (Wildman–Crippen MR) is 109 cm³/mol. The average Bonchev–Trinajstić information content (AvgIpc) is 2.38. The molecule has 0 bridgehead atoms. The third kappa shape index (κ3) is 5.97. The van der Waals surface area contributed by atoms with Crippen LogP contribution in [-0.4, -0.2) is 23.8 Å². The zero-order valence-corrected chi connectivity index (χ0v) is 19.0. The second-order valence-corrected chi connectivity index (χ2v) is 11.8. The van der Waals surface area contributed by atoms with Gasteiger partial charge in [-0.2, -0.15) is 0 Å². The molecule has 2 atom stereocenters. The predicted octanol–water partition coefficient (Wildman–Crippen LogP) is 5.84. The quantitative estimate of drug-likeness (QED) is 0.574. The molecule has 1 rings (SSSR count). The summed E-state index contributed by atoms with van der Waals surface area (Å²) < 4.78 is 4.82. The first-order valence-electron chi connectivity index (χ1n) is 10.4. The van der Waals surface area contributed by atoms with Crippen molar-refractivity contribution in [3.05, 3.63) is 0 Å². The van der Waals surface area contributed by atoms with Crippen molar-refractivity contribution in [1.29, 1.82) is 0 Å². The fourth-order valence-electron chi connectivity index (χ4n) is 5.81. The van der Waals surface area contributed by atoms with Gasteiger partial charge in [-0.1, -0.05) is 68.7 Å². The Morgan fingerprint density at radius 1 is 1.12 bits per heavy atom. The highest BCUT2D eigenvalue weighted by Crippen LogP contribution is 2.53. The van der Waals surface area contributed by atoms with Crippen LogP contribution in [0, 0.1) is 34.0 Å². The Morgan fingerprint density at radius 2 is 1.62 bits per heavy atom. The van der Waals surface area contributed by atoms with Crippen molar-refractivity contribution in [2.24, 2.45) is 34.0 Å². The van der Waals surface area contributed by atoms with Crippen LogP contribution in [0.4, 0.5) is 0 Å². The molecule has 0 amide bonds. The topological polar surface area (TPSA) is 46.5 Å². The number of carbonyl (C=O) groups is 1. The minimum absolute atomic E-state index is 0.218. The first-order valence-corrected chi connectivity index (χ1v) is 10.4. The van der Waals surface area contributed by atoms with E-state index in [0.717, 1.165) is 12.8 Å². The first kappa shape index (κ1) is 23.5. The molecule has 1 fully saturated rings. The number of ether oxygens (including phenoxy) is 1. The summed E-state index contributed by atoms with van der Waals surface area (Å²) in [6.07, 6.45) is 4.53. The Hall–Kier alpha value is -0.570. The van der Waals surface area contributed by atoms with Crippen LogP contribution < -0.4 is 0 Å². The van der Waals surface area contributed by atoms with Crippen molar-refractivity contribution in [2.45, 2.75) is 100 Å². The molecule has 0 spiro atoms. The lowest BCUT2D eigenvalue weighted by Gasteiger charge is -2.52. The van der Waals surface area contributed by atoms with Gasteiger partial charge >= 0.3 is 5.97 Å². The maximum atomic E-state index is 11.9. The van der Waals surface area contributed by atoms with Crippen LogP contribution >= 0.6 is 0 Å². The lowest BCUT2D eigenvalue weighted by atomic mass is 9.54. The van der Waals surface area contributed by atoms with E-state index in [-0.39, 0.29) is 10.8 Å². The third-order valence-electron chi connectivity index (χ3n) is 6.24. The molecule has 0 aromatic heterocycles. The molecule has 0 radical (unpaired) electrons. The Bertz CT molecular complexity index is 473. The molecule has 0 aliphatic heterocycles. The lowest BCUT2D eigenvalue weighted by Crippen LogP contribution is -2.55. The van der Waals surface area contributed by atoms with E-state index in [2.05, 4.69) is 62.3 Å². The molecule has 2 unspecified atom stereocenters.